The van der Waals surface area contributed by atoms with Gasteiger partial charge in [0.1, 0.15) is 0 Å². The monoisotopic (exact) mass is 310 g/mol. The van der Waals surface area contributed by atoms with Crippen molar-refractivity contribution in [3.63, 3.8) is 0 Å². The van der Waals surface area contributed by atoms with Gasteiger partial charge in [-0.05, 0) is 42.4 Å². The number of halogens is 1. The Labute approximate surface area is 131 Å². The fourth-order valence-electron chi connectivity index (χ4n) is 3.46. The van der Waals surface area contributed by atoms with Crippen molar-refractivity contribution in [1.82, 2.24) is 0 Å². The van der Waals surface area contributed by atoms with Crippen LogP contribution in [0.15, 0.2) is 12.1 Å². The molecule has 1 aliphatic heterocycles. The van der Waals surface area contributed by atoms with Gasteiger partial charge in [-0.3, -0.25) is 0 Å². The van der Waals surface area contributed by atoms with Gasteiger partial charge in [0.25, 0.3) is 0 Å². The van der Waals surface area contributed by atoms with E-state index < -0.39 is 6.10 Å². The standard InChI is InChI=1S/C17H23ClO3/c1-11-4-2-5-12(8-11)16(19)13-9-14(18)17-15(10-13)20-6-3-7-21-17/h9-12,16,19H,2-8H2,1H3. The molecule has 3 nitrogen and oxygen atoms in total. The van der Waals surface area contributed by atoms with E-state index in [-0.39, 0.29) is 0 Å². The Morgan fingerprint density at radius 3 is 2.81 bits per heavy atom. The molecule has 0 aromatic heterocycles. The first kappa shape index (κ1) is 15.0. The molecule has 0 radical (unpaired) electrons. The van der Waals surface area contributed by atoms with Crippen molar-refractivity contribution in [1.29, 1.82) is 0 Å². The molecule has 3 atom stereocenters. The van der Waals surface area contributed by atoms with Crippen molar-refractivity contribution in [3.8, 4) is 11.5 Å². The van der Waals surface area contributed by atoms with E-state index in [2.05, 4.69) is 6.92 Å². The summed E-state index contributed by atoms with van der Waals surface area (Å²) in [6.07, 6.45) is 5.00. The molecule has 0 bridgehead atoms. The summed E-state index contributed by atoms with van der Waals surface area (Å²) in [7, 11) is 0. The van der Waals surface area contributed by atoms with Gasteiger partial charge >= 0.3 is 0 Å². The molecule has 21 heavy (non-hydrogen) atoms. The lowest BCUT2D eigenvalue weighted by molar-refractivity contribution is 0.0711. The maximum atomic E-state index is 10.7. The number of hydrogen-bond acceptors (Lipinski definition) is 3. The van der Waals surface area contributed by atoms with Crippen molar-refractivity contribution < 1.29 is 14.6 Å². The summed E-state index contributed by atoms with van der Waals surface area (Å²) in [5, 5.41) is 11.2. The number of rotatable bonds is 2. The van der Waals surface area contributed by atoms with Crippen molar-refractivity contribution in [3.05, 3.63) is 22.7 Å². The molecular weight excluding hydrogens is 288 g/mol. The molecule has 0 spiro atoms. The Morgan fingerprint density at radius 1 is 1.19 bits per heavy atom. The molecule has 1 aliphatic carbocycles. The fraction of sp³-hybridized carbons (Fsp3) is 0.647. The quantitative estimate of drug-likeness (QED) is 0.882. The second-order valence-electron chi connectivity index (χ2n) is 6.36. The minimum absolute atomic E-state index is 0.314. The van der Waals surface area contributed by atoms with Gasteiger partial charge in [-0.15, -0.1) is 0 Å². The van der Waals surface area contributed by atoms with E-state index in [1.807, 2.05) is 12.1 Å². The van der Waals surface area contributed by atoms with E-state index in [1.54, 1.807) is 0 Å². The summed E-state index contributed by atoms with van der Waals surface area (Å²) in [4.78, 5) is 0. The molecule has 116 valence electrons. The van der Waals surface area contributed by atoms with Crippen molar-refractivity contribution >= 4 is 11.6 Å². The van der Waals surface area contributed by atoms with E-state index in [1.165, 1.54) is 12.8 Å². The second-order valence-corrected chi connectivity index (χ2v) is 6.76. The van der Waals surface area contributed by atoms with Gasteiger partial charge in [-0.1, -0.05) is 31.4 Å². The van der Waals surface area contributed by atoms with E-state index in [4.69, 9.17) is 21.1 Å². The Balaban J connectivity index is 1.84. The molecule has 3 rings (SSSR count). The van der Waals surface area contributed by atoms with Crippen LogP contribution in [0.5, 0.6) is 11.5 Å². The number of aliphatic hydroxyl groups is 1. The van der Waals surface area contributed by atoms with Crippen molar-refractivity contribution in [2.24, 2.45) is 11.8 Å². The molecule has 1 fully saturated rings. The van der Waals surface area contributed by atoms with Crippen LogP contribution in [-0.2, 0) is 0 Å². The maximum Gasteiger partial charge on any atom is 0.179 e. The predicted octanol–water partition coefficient (Wildman–Crippen LogP) is 4.36. The minimum Gasteiger partial charge on any atom is -0.489 e. The molecule has 1 N–H and O–H groups in total. The zero-order chi connectivity index (χ0) is 14.8. The van der Waals surface area contributed by atoms with E-state index in [0.717, 1.165) is 24.8 Å². The fourth-order valence-corrected chi connectivity index (χ4v) is 3.74. The van der Waals surface area contributed by atoms with Gasteiger partial charge in [0.05, 0.1) is 24.3 Å². The minimum atomic E-state index is -0.470. The average Bonchev–Trinajstić information content (AvgIpc) is 2.72. The molecule has 4 heteroatoms. The summed E-state index contributed by atoms with van der Waals surface area (Å²) < 4.78 is 11.3. The lowest BCUT2D eigenvalue weighted by atomic mass is 9.78. The van der Waals surface area contributed by atoms with Gasteiger partial charge in [0, 0.05) is 6.42 Å². The average molecular weight is 311 g/mol. The largest absolute Gasteiger partial charge is 0.489 e. The Morgan fingerprint density at radius 2 is 2.00 bits per heavy atom. The van der Waals surface area contributed by atoms with Gasteiger partial charge in [0.15, 0.2) is 11.5 Å². The third-order valence-corrected chi connectivity index (χ3v) is 4.87. The molecule has 1 aromatic carbocycles. The van der Waals surface area contributed by atoms with Gasteiger partial charge in [-0.2, -0.15) is 0 Å². The molecule has 2 aliphatic rings. The smallest absolute Gasteiger partial charge is 0.179 e. The summed E-state index contributed by atoms with van der Waals surface area (Å²) in [5.74, 6) is 2.28. The number of ether oxygens (including phenoxy) is 2. The van der Waals surface area contributed by atoms with Crippen LogP contribution in [0.3, 0.4) is 0 Å². The highest BCUT2D eigenvalue weighted by Crippen LogP contribution is 2.43. The van der Waals surface area contributed by atoms with Gasteiger partial charge in [-0.25, -0.2) is 0 Å². The number of aliphatic hydroxyl groups excluding tert-OH is 1. The number of hydrogen-bond donors (Lipinski definition) is 1. The first-order valence-corrected chi connectivity index (χ1v) is 8.30. The Kier molecular flexibility index (Phi) is 4.60. The molecule has 0 saturated heterocycles. The van der Waals surface area contributed by atoms with E-state index in [9.17, 15) is 5.11 Å². The van der Waals surface area contributed by atoms with Crippen LogP contribution < -0.4 is 9.47 Å². The summed E-state index contributed by atoms with van der Waals surface area (Å²) >= 11 is 6.32. The van der Waals surface area contributed by atoms with Gasteiger partial charge < -0.3 is 14.6 Å². The van der Waals surface area contributed by atoms with Gasteiger partial charge in [0.2, 0.25) is 0 Å². The molecule has 1 heterocycles. The maximum absolute atomic E-state index is 10.7. The number of fused-ring (bicyclic) bond motifs is 1. The second kappa shape index (κ2) is 6.45. The predicted molar refractivity (Wildman–Crippen MR) is 83.1 cm³/mol. The zero-order valence-electron chi connectivity index (χ0n) is 12.5. The Hall–Kier alpha value is -0.930. The molecule has 0 amide bonds. The van der Waals surface area contributed by atoms with Crippen LogP contribution in [0.2, 0.25) is 5.02 Å². The number of benzene rings is 1. The van der Waals surface area contributed by atoms with Crippen molar-refractivity contribution in [2.45, 2.75) is 45.1 Å². The van der Waals surface area contributed by atoms with Crippen LogP contribution in [0.25, 0.3) is 0 Å². The van der Waals surface area contributed by atoms with E-state index >= 15 is 0 Å². The summed E-state index contributed by atoms with van der Waals surface area (Å²) in [6.45, 7) is 3.51. The first-order chi connectivity index (χ1) is 10.1. The Bertz CT molecular complexity index is 503. The zero-order valence-corrected chi connectivity index (χ0v) is 13.2. The van der Waals surface area contributed by atoms with Crippen LogP contribution >= 0.6 is 11.6 Å². The molecule has 1 saturated carbocycles. The van der Waals surface area contributed by atoms with Crippen LogP contribution in [0.4, 0.5) is 0 Å². The van der Waals surface area contributed by atoms with Crippen LogP contribution in [0, 0.1) is 11.8 Å². The van der Waals surface area contributed by atoms with Crippen LogP contribution in [-0.4, -0.2) is 18.3 Å². The van der Waals surface area contributed by atoms with Crippen molar-refractivity contribution in [2.75, 3.05) is 13.2 Å². The third-order valence-electron chi connectivity index (χ3n) is 4.59. The third kappa shape index (κ3) is 3.29. The molecule has 3 unspecified atom stereocenters. The lowest BCUT2D eigenvalue weighted by Crippen LogP contribution is -2.20. The summed E-state index contributed by atoms with van der Waals surface area (Å²) in [6, 6.07) is 3.73. The summed E-state index contributed by atoms with van der Waals surface area (Å²) in [5.41, 5.74) is 0.850. The highest BCUT2D eigenvalue weighted by atomic mass is 35.5. The molecular formula is C17H23ClO3. The normalized spacial score (nSPS) is 27.0. The SMILES string of the molecule is CC1CCCC(C(O)c2cc(Cl)c3c(c2)OCCCO3)C1. The highest BCUT2D eigenvalue weighted by Gasteiger charge is 2.28. The van der Waals surface area contributed by atoms with Crippen LogP contribution in [0.1, 0.15) is 50.7 Å². The topological polar surface area (TPSA) is 38.7 Å². The lowest BCUT2D eigenvalue weighted by Gasteiger charge is -2.31. The highest BCUT2D eigenvalue weighted by molar-refractivity contribution is 6.32. The first-order valence-electron chi connectivity index (χ1n) is 7.92. The molecule has 1 aromatic rings. The van der Waals surface area contributed by atoms with E-state index in [0.29, 0.717) is 41.6 Å².